The highest BCUT2D eigenvalue weighted by molar-refractivity contribution is 7.13. The van der Waals surface area contributed by atoms with E-state index in [1.54, 1.807) is 11.3 Å². The maximum absolute atomic E-state index is 4.56. The molecule has 0 saturated heterocycles. The second-order valence-corrected chi connectivity index (χ2v) is 7.02. The fraction of sp³-hybridized carbons (Fsp3) is 0.0455. The van der Waals surface area contributed by atoms with Crippen molar-refractivity contribution < 1.29 is 0 Å². The van der Waals surface area contributed by atoms with Gasteiger partial charge in [-0.1, -0.05) is 60.7 Å². The molecule has 0 spiro atoms. The van der Waals surface area contributed by atoms with E-state index in [1.165, 1.54) is 32.9 Å². The normalized spacial score (nSPS) is 11.4. The summed E-state index contributed by atoms with van der Waals surface area (Å²) >= 11 is 1.69. The van der Waals surface area contributed by atoms with Crippen LogP contribution in [0.15, 0.2) is 84.4 Å². The number of nitrogens with zero attached hydrogens (tertiary/aromatic N) is 2. The summed E-state index contributed by atoms with van der Waals surface area (Å²) in [4.78, 5) is 4.56. The summed E-state index contributed by atoms with van der Waals surface area (Å²) in [5, 5.41) is 5.70. The van der Waals surface area contributed by atoms with Gasteiger partial charge in [-0.3, -0.25) is 0 Å². The number of benzene rings is 3. The molecule has 0 aliphatic carbocycles. The van der Waals surface area contributed by atoms with Crippen LogP contribution >= 0.6 is 11.3 Å². The van der Waals surface area contributed by atoms with Gasteiger partial charge in [0.15, 0.2) is 0 Å². The molecule has 0 bridgehead atoms. The fourth-order valence-corrected chi connectivity index (χ4v) is 4.23. The molecule has 0 saturated carbocycles. The Labute approximate surface area is 150 Å². The zero-order valence-electron chi connectivity index (χ0n) is 13.6. The van der Waals surface area contributed by atoms with Gasteiger partial charge in [0.2, 0.25) is 0 Å². The van der Waals surface area contributed by atoms with E-state index in [9.17, 15) is 0 Å². The Hall–Kier alpha value is -2.91. The van der Waals surface area contributed by atoms with Crippen molar-refractivity contribution in [1.82, 2.24) is 9.55 Å². The first-order chi connectivity index (χ1) is 12.4. The fourth-order valence-electron chi connectivity index (χ4n) is 3.57. The molecule has 0 aliphatic rings. The molecule has 25 heavy (non-hydrogen) atoms. The molecule has 3 aromatic carbocycles. The third-order valence-corrected chi connectivity index (χ3v) is 5.44. The topological polar surface area (TPSA) is 17.8 Å². The minimum atomic E-state index is 0.854. The second kappa shape index (κ2) is 5.87. The molecule has 2 heterocycles. The van der Waals surface area contributed by atoms with Crippen molar-refractivity contribution in [1.29, 1.82) is 0 Å². The Kier molecular flexibility index (Phi) is 3.39. The van der Waals surface area contributed by atoms with E-state index < -0.39 is 0 Å². The lowest BCUT2D eigenvalue weighted by molar-refractivity contribution is 0.869. The minimum absolute atomic E-state index is 0.854. The third kappa shape index (κ3) is 2.36. The quantitative estimate of drug-likeness (QED) is 0.396. The average Bonchev–Trinajstić information content (AvgIpc) is 3.30. The van der Waals surface area contributed by atoms with Crippen molar-refractivity contribution in [3.63, 3.8) is 0 Å². The summed E-state index contributed by atoms with van der Waals surface area (Å²) in [5.41, 5.74) is 5.05. The molecule has 2 nitrogen and oxygen atoms in total. The molecule has 0 radical (unpaired) electrons. The van der Waals surface area contributed by atoms with Gasteiger partial charge in [0.05, 0.1) is 5.52 Å². The number of hydrogen-bond donors (Lipinski definition) is 0. The first kappa shape index (κ1) is 14.4. The maximum Gasteiger partial charge on any atom is 0.125 e. The van der Waals surface area contributed by atoms with Crippen molar-refractivity contribution in [3.05, 3.63) is 89.9 Å². The lowest BCUT2D eigenvalue weighted by Crippen LogP contribution is -2.00. The van der Waals surface area contributed by atoms with Crippen molar-refractivity contribution >= 4 is 33.1 Å². The lowest BCUT2D eigenvalue weighted by atomic mass is 10.1. The number of rotatable bonds is 3. The zero-order chi connectivity index (χ0) is 16.6. The van der Waals surface area contributed by atoms with Crippen LogP contribution in [0, 0.1) is 0 Å². The summed E-state index contributed by atoms with van der Waals surface area (Å²) < 4.78 is 2.43. The molecule has 0 unspecified atom stereocenters. The van der Waals surface area contributed by atoms with Crippen LogP contribution in [0.4, 0.5) is 0 Å². The Morgan fingerprint density at radius 3 is 2.44 bits per heavy atom. The molecule has 5 aromatic rings. The van der Waals surface area contributed by atoms with Gasteiger partial charge in [-0.2, -0.15) is 0 Å². The van der Waals surface area contributed by atoms with E-state index in [0.717, 1.165) is 11.6 Å². The molecule has 0 N–H and O–H groups in total. The summed E-state index contributed by atoms with van der Waals surface area (Å²) in [5.74, 6) is 0. The Morgan fingerprint density at radius 1 is 0.800 bits per heavy atom. The molecule has 0 atom stereocenters. The summed E-state index contributed by atoms with van der Waals surface area (Å²) in [6, 6.07) is 25.8. The summed E-state index contributed by atoms with van der Waals surface area (Å²) in [6.45, 7) is 0.854. The van der Waals surface area contributed by atoms with Crippen LogP contribution in [0.25, 0.3) is 32.4 Å². The van der Waals surface area contributed by atoms with E-state index in [1.807, 2.05) is 11.6 Å². The lowest BCUT2D eigenvalue weighted by Gasteiger charge is -2.10. The van der Waals surface area contributed by atoms with E-state index in [0.29, 0.717) is 0 Å². The number of aromatic nitrogens is 2. The van der Waals surface area contributed by atoms with Crippen LogP contribution in [0.3, 0.4) is 0 Å². The Bertz CT molecular complexity index is 1160. The standard InChI is InChI=1S/C22H16N2S/c1-2-7-16(8-3-1)15-24-20-12-5-4-9-17(20)18-10-6-11-19(21(18)24)22-23-13-14-25-22/h1-14H,15H2. The van der Waals surface area contributed by atoms with Crippen molar-refractivity contribution in [2.45, 2.75) is 6.54 Å². The monoisotopic (exact) mass is 340 g/mol. The second-order valence-electron chi connectivity index (χ2n) is 6.13. The number of hydrogen-bond acceptors (Lipinski definition) is 2. The average molecular weight is 340 g/mol. The van der Waals surface area contributed by atoms with Crippen LogP contribution in [0.1, 0.15) is 5.56 Å². The van der Waals surface area contributed by atoms with Crippen LogP contribution in [-0.4, -0.2) is 9.55 Å². The van der Waals surface area contributed by atoms with E-state index in [4.69, 9.17) is 0 Å². The highest BCUT2D eigenvalue weighted by atomic mass is 32.1. The van der Waals surface area contributed by atoms with Crippen molar-refractivity contribution in [2.24, 2.45) is 0 Å². The molecule has 0 aliphatic heterocycles. The molecular weight excluding hydrogens is 324 g/mol. The zero-order valence-corrected chi connectivity index (χ0v) is 14.4. The van der Waals surface area contributed by atoms with Crippen molar-refractivity contribution in [2.75, 3.05) is 0 Å². The Morgan fingerprint density at radius 2 is 1.60 bits per heavy atom. The minimum Gasteiger partial charge on any atom is -0.335 e. The van der Waals surface area contributed by atoms with Gasteiger partial charge in [0.1, 0.15) is 5.01 Å². The molecule has 120 valence electrons. The molecule has 5 rings (SSSR count). The SMILES string of the molecule is c1ccc(Cn2c3ccccc3c3cccc(-c4nccs4)c32)cc1. The molecule has 0 amide bonds. The van der Waals surface area contributed by atoms with Gasteiger partial charge in [0, 0.05) is 40.0 Å². The maximum atomic E-state index is 4.56. The summed E-state index contributed by atoms with van der Waals surface area (Å²) in [7, 11) is 0. The van der Waals surface area contributed by atoms with Crippen LogP contribution in [-0.2, 0) is 6.54 Å². The third-order valence-electron chi connectivity index (χ3n) is 4.64. The molecule has 0 fully saturated rings. The van der Waals surface area contributed by atoms with E-state index >= 15 is 0 Å². The summed E-state index contributed by atoms with van der Waals surface area (Å²) in [6.07, 6.45) is 1.88. The van der Waals surface area contributed by atoms with Gasteiger partial charge in [-0.15, -0.1) is 11.3 Å². The molecule has 3 heteroatoms. The van der Waals surface area contributed by atoms with Crippen LogP contribution in [0.5, 0.6) is 0 Å². The predicted molar refractivity (Wildman–Crippen MR) is 106 cm³/mol. The van der Waals surface area contributed by atoms with Crippen LogP contribution < -0.4 is 0 Å². The van der Waals surface area contributed by atoms with Gasteiger partial charge < -0.3 is 4.57 Å². The number of thiazole rings is 1. The highest BCUT2D eigenvalue weighted by Crippen LogP contribution is 2.36. The highest BCUT2D eigenvalue weighted by Gasteiger charge is 2.15. The first-order valence-corrected chi connectivity index (χ1v) is 9.23. The van der Waals surface area contributed by atoms with Crippen LogP contribution in [0.2, 0.25) is 0 Å². The van der Waals surface area contributed by atoms with E-state index in [2.05, 4.69) is 82.3 Å². The van der Waals surface area contributed by atoms with Gasteiger partial charge in [-0.25, -0.2) is 4.98 Å². The predicted octanol–water partition coefficient (Wildman–Crippen LogP) is 5.97. The van der Waals surface area contributed by atoms with E-state index in [-0.39, 0.29) is 0 Å². The number of para-hydroxylation sites is 2. The van der Waals surface area contributed by atoms with Gasteiger partial charge >= 0.3 is 0 Å². The molecule has 2 aromatic heterocycles. The number of fused-ring (bicyclic) bond motifs is 3. The van der Waals surface area contributed by atoms with Gasteiger partial charge in [0.25, 0.3) is 0 Å². The van der Waals surface area contributed by atoms with Gasteiger partial charge in [-0.05, 0) is 17.7 Å². The van der Waals surface area contributed by atoms with Crippen molar-refractivity contribution in [3.8, 4) is 10.6 Å². The Balaban J connectivity index is 1.86. The smallest absolute Gasteiger partial charge is 0.125 e. The molecular formula is C22H16N2S. The largest absolute Gasteiger partial charge is 0.335 e. The first-order valence-electron chi connectivity index (χ1n) is 8.35.